The molecule has 0 spiro atoms. The monoisotopic (exact) mass is 290 g/mol. The van der Waals surface area contributed by atoms with Crippen LogP contribution in [0, 0.1) is 0 Å². The molecule has 6 heteroatoms. The molecule has 0 aromatic heterocycles. The minimum Gasteiger partial charge on any atom is -0.399 e. The number of hydrogen-bond acceptors (Lipinski definition) is 4. The maximum atomic E-state index is 12.0. The number of nitrogen functional groups attached to an aromatic ring is 1. The summed E-state index contributed by atoms with van der Waals surface area (Å²) in [5.41, 5.74) is 12.5. The van der Waals surface area contributed by atoms with Crippen LogP contribution in [0.4, 0.5) is 5.69 Å². The van der Waals surface area contributed by atoms with Crippen molar-refractivity contribution in [3.05, 3.63) is 29.8 Å². The van der Waals surface area contributed by atoms with Crippen molar-refractivity contribution >= 4 is 17.5 Å². The van der Waals surface area contributed by atoms with Crippen LogP contribution in [-0.4, -0.2) is 42.4 Å². The van der Waals surface area contributed by atoms with E-state index in [4.69, 9.17) is 11.5 Å². The molecule has 1 heterocycles. The van der Waals surface area contributed by atoms with Gasteiger partial charge in [0.15, 0.2) is 0 Å². The van der Waals surface area contributed by atoms with Gasteiger partial charge in [0, 0.05) is 24.8 Å². The zero-order valence-corrected chi connectivity index (χ0v) is 12.0. The first-order chi connectivity index (χ1) is 10.0. The Morgan fingerprint density at radius 2 is 2.00 bits per heavy atom. The molecular weight excluding hydrogens is 268 g/mol. The fourth-order valence-electron chi connectivity index (χ4n) is 2.62. The highest BCUT2D eigenvalue weighted by Crippen LogP contribution is 2.11. The van der Waals surface area contributed by atoms with Crippen molar-refractivity contribution in [2.45, 2.75) is 25.3 Å². The molecular formula is C15H22N4O2. The van der Waals surface area contributed by atoms with Gasteiger partial charge in [0.1, 0.15) is 0 Å². The van der Waals surface area contributed by atoms with Crippen molar-refractivity contribution in [2.75, 3.05) is 25.4 Å². The van der Waals surface area contributed by atoms with E-state index >= 15 is 0 Å². The summed E-state index contributed by atoms with van der Waals surface area (Å²) in [6.45, 7) is 1.86. The largest absolute Gasteiger partial charge is 0.399 e. The molecule has 1 aromatic carbocycles. The lowest BCUT2D eigenvalue weighted by Crippen LogP contribution is -2.47. The number of carbonyl (C=O) groups excluding carboxylic acids is 2. The number of carbonyl (C=O) groups is 2. The van der Waals surface area contributed by atoms with Crippen LogP contribution in [0.3, 0.4) is 0 Å². The van der Waals surface area contributed by atoms with Crippen LogP contribution in [0.1, 0.15) is 18.4 Å². The second-order valence-electron chi connectivity index (χ2n) is 5.51. The molecule has 2 amide bonds. The minimum absolute atomic E-state index is 0.00829. The smallest absolute Gasteiger partial charge is 0.231 e. The quantitative estimate of drug-likeness (QED) is 0.658. The van der Waals surface area contributed by atoms with Gasteiger partial charge in [0.05, 0.1) is 13.0 Å². The molecule has 1 aliphatic rings. The Morgan fingerprint density at radius 1 is 1.29 bits per heavy atom. The van der Waals surface area contributed by atoms with Crippen LogP contribution in [0.25, 0.3) is 0 Å². The van der Waals surface area contributed by atoms with Gasteiger partial charge in [-0.2, -0.15) is 0 Å². The minimum atomic E-state index is -0.306. The summed E-state index contributed by atoms with van der Waals surface area (Å²) in [7, 11) is 0. The lowest BCUT2D eigenvalue weighted by atomic mass is 10.0. The predicted molar refractivity (Wildman–Crippen MR) is 81.4 cm³/mol. The first-order valence-corrected chi connectivity index (χ1v) is 7.17. The summed E-state index contributed by atoms with van der Waals surface area (Å²) in [6, 6.07) is 7.53. The molecule has 5 N–H and O–H groups in total. The Hall–Kier alpha value is -2.08. The van der Waals surface area contributed by atoms with E-state index in [-0.39, 0.29) is 17.9 Å². The Balaban J connectivity index is 1.75. The molecule has 0 atom stereocenters. The van der Waals surface area contributed by atoms with E-state index in [0.29, 0.717) is 18.7 Å². The van der Waals surface area contributed by atoms with Crippen LogP contribution < -0.4 is 16.8 Å². The highest BCUT2D eigenvalue weighted by atomic mass is 16.2. The Labute approximate surface area is 124 Å². The molecule has 1 aliphatic heterocycles. The second kappa shape index (κ2) is 7.08. The van der Waals surface area contributed by atoms with Crippen molar-refractivity contribution in [2.24, 2.45) is 5.73 Å². The number of likely N-dealkylation sites (tertiary alicyclic amines) is 1. The van der Waals surface area contributed by atoms with E-state index in [0.717, 1.165) is 31.5 Å². The van der Waals surface area contributed by atoms with Gasteiger partial charge in [-0.25, -0.2) is 0 Å². The van der Waals surface area contributed by atoms with E-state index in [1.165, 1.54) is 0 Å². The van der Waals surface area contributed by atoms with Crippen LogP contribution in [0.2, 0.25) is 0 Å². The molecule has 21 heavy (non-hydrogen) atoms. The Kier molecular flexibility index (Phi) is 5.16. The van der Waals surface area contributed by atoms with E-state index < -0.39 is 0 Å². The topological polar surface area (TPSA) is 101 Å². The van der Waals surface area contributed by atoms with Crippen LogP contribution in [0.15, 0.2) is 24.3 Å². The Morgan fingerprint density at radius 3 is 2.62 bits per heavy atom. The number of rotatable bonds is 5. The third kappa shape index (κ3) is 5.07. The molecule has 1 saturated heterocycles. The lowest BCUT2D eigenvalue weighted by Gasteiger charge is -2.31. The van der Waals surface area contributed by atoms with Gasteiger partial charge in [0.25, 0.3) is 0 Å². The molecule has 1 fully saturated rings. The van der Waals surface area contributed by atoms with Crippen molar-refractivity contribution in [3.63, 3.8) is 0 Å². The first kappa shape index (κ1) is 15.3. The van der Waals surface area contributed by atoms with Crippen LogP contribution >= 0.6 is 0 Å². The summed E-state index contributed by atoms with van der Waals surface area (Å²) in [5.74, 6) is -0.298. The van der Waals surface area contributed by atoms with Crippen molar-refractivity contribution in [3.8, 4) is 0 Å². The third-order valence-corrected chi connectivity index (χ3v) is 3.65. The number of nitrogens with two attached hydrogens (primary N) is 2. The van der Waals surface area contributed by atoms with E-state index in [2.05, 4.69) is 5.32 Å². The van der Waals surface area contributed by atoms with Gasteiger partial charge in [-0.15, -0.1) is 0 Å². The highest BCUT2D eigenvalue weighted by Gasteiger charge is 2.21. The summed E-state index contributed by atoms with van der Waals surface area (Å²) in [4.78, 5) is 24.9. The standard InChI is InChI=1S/C15H22N4O2/c16-12-3-1-2-11(8-12)9-15(21)18-13-4-6-19(7-5-13)10-14(17)20/h1-3,8,13H,4-7,9-10,16H2,(H2,17,20)(H,18,21). The summed E-state index contributed by atoms with van der Waals surface area (Å²) in [5, 5.41) is 3.04. The predicted octanol–water partition coefficient (Wildman–Crippen LogP) is -0.123. The number of nitrogens with zero attached hydrogens (tertiary/aromatic N) is 1. The van der Waals surface area contributed by atoms with Gasteiger partial charge in [-0.3, -0.25) is 14.5 Å². The molecule has 2 rings (SSSR count). The number of hydrogen-bond donors (Lipinski definition) is 3. The van der Waals surface area contributed by atoms with Gasteiger partial charge in [-0.1, -0.05) is 12.1 Å². The number of primary amides is 1. The number of nitrogens with one attached hydrogen (secondary N) is 1. The van der Waals surface area contributed by atoms with Crippen LogP contribution in [0.5, 0.6) is 0 Å². The molecule has 1 aromatic rings. The van der Waals surface area contributed by atoms with Crippen LogP contribution in [-0.2, 0) is 16.0 Å². The molecule has 114 valence electrons. The van der Waals surface area contributed by atoms with Gasteiger partial charge in [-0.05, 0) is 30.5 Å². The molecule has 0 bridgehead atoms. The van der Waals surface area contributed by atoms with Gasteiger partial charge in [0.2, 0.25) is 11.8 Å². The molecule has 0 unspecified atom stereocenters. The summed E-state index contributed by atoms with van der Waals surface area (Å²) < 4.78 is 0. The summed E-state index contributed by atoms with van der Waals surface area (Å²) in [6.07, 6.45) is 2.03. The molecule has 0 radical (unpaired) electrons. The fraction of sp³-hybridized carbons (Fsp3) is 0.467. The average Bonchev–Trinajstić information content (AvgIpc) is 2.40. The zero-order valence-electron chi connectivity index (χ0n) is 12.0. The van der Waals surface area contributed by atoms with E-state index in [9.17, 15) is 9.59 Å². The average molecular weight is 290 g/mol. The number of amides is 2. The normalized spacial score (nSPS) is 16.6. The number of anilines is 1. The molecule has 0 aliphatic carbocycles. The van der Waals surface area contributed by atoms with E-state index in [1.54, 1.807) is 6.07 Å². The van der Waals surface area contributed by atoms with Crippen molar-refractivity contribution in [1.29, 1.82) is 0 Å². The Bertz CT molecular complexity index is 510. The SMILES string of the molecule is NC(=O)CN1CCC(NC(=O)Cc2cccc(N)c2)CC1. The number of piperidine rings is 1. The lowest BCUT2D eigenvalue weighted by molar-refractivity contribution is -0.122. The van der Waals surface area contributed by atoms with Gasteiger partial charge >= 0.3 is 0 Å². The third-order valence-electron chi connectivity index (χ3n) is 3.65. The second-order valence-corrected chi connectivity index (χ2v) is 5.51. The van der Waals surface area contributed by atoms with Crippen molar-refractivity contribution < 1.29 is 9.59 Å². The maximum Gasteiger partial charge on any atom is 0.231 e. The highest BCUT2D eigenvalue weighted by molar-refractivity contribution is 5.79. The fourth-order valence-corrected chi connectivity index (χ4v) is 2.62. The van der Waals surface area contributed by atoms with Gasteiger partial charge < -0.3 is 16.8 Å². The molecule has 6 nitrogen and oxygen atoms in total. The van der Waals surface area contributed by atoms with E-state index in [1.807, 2.05) is 23.1 Å². The molecule has 0 saturated carbocycles. The van der Waals surface area contributed by atoms with Crippen molar-refractivity contribution in [1.82, 2.24) is 10.2 Å². The number of benzene rings is 1. The first-order valence-electron chi connectivity index (χ1n) is 7.17. The maximum absolute atomic E-state index is 12.0. The zero-order chi connectivity index (χ0) is 15.2. The summed E-state index contributed by atoms with van der Waals surface area (Å²) >= 11 is 0.